The van der Waals surface area contributed by atoms with Crippen LogP contribution >= 0.6 is 11.6 Å². The first kappa shape index (κ1) is 17.2. The van der Waals surface area contributed by atoms with E-state index in [4.69, 9.17) is 11.6 Å². The zero-order chi connectivity index (χ0) is 18.0. The van der Waals surface area contributed by atoms with Gasteiger partial charge in [-0.2, -0.15) is 0 Å². The van der Waals surface area contributed by atoms with Crippen molar-refractivity contribution in [2.45, 2.75) is 19.3 Å². The van der Waals surface area contributed by atoms with Crippen LogP contribution < -0.4 is 16.2 Å². The molecule has 0 unspecified atom stereocenters. The Morgan fingerprint density at radius 1 is 1.12 bits per heavy atom. The molecule has 0 bridgehead atoms. The van der Waals surface area contributed by atoms with Crippen molar-refractivity contribution in [1.82, 2.24) is 10.9 Å². The van der Waals surface area contributed by atoms with E-state index in [0.717, 1.165) is 18.1 Å². The van der Waals surface area contributed by atoms with Gasteiger partial charge in [0.2, 0.25) is 5.91 Å². The number of urea groups is 1. The molecule has 130 valence electrons. The zero-order valence-electron chi connectivity index (χ0n) is 13.5. The Hall–Kier alpha value is -2.60. The number of hydrazine groups is 1. The number of amides is 3. The van der Waals surface area contributed by atoms with Gasteiger partial charge in [0, 0.05) is 11.6 Å². The van der Waals surface area contributed by atoms with Crippen molar-refractivity contribution in [2.75, 3.05) is 5.32 Å². The van der Waals surface area contributed by atoms with Crippen LogP contribution in [0.15, 0.2) is 42.5 Å². The molecule has 3 amide bonds. The lowest BCUT2D eigenvalue weighted by atomic mass is 10.1. The van der Waals surface area contributed by atoms with E-state index in [9.17, 15) is 14.0 Å². The monoisotopic (exact) mass is 361 g/mol. The highest BCUT2D eigenvalue weighted by atomic mass is 35.5. The Balaban J connectivity index is 1.47. The summed E-state index contributed by atoms with van der Waals surface area (Å²) in [7, 11) is 0. The van der Waals surface area contributed by atoms with E-state index >= 15 is 0 Å². The SMILES string of the molecule is Cc1ccc([C@@H]2C[C@@H]2C(=O)NNC(=O)Nc2ccc(F)c(Cl)c2)cc1. The Labute approximate surface area is 149 Å². The summed E-state index contributed by atoms with van der Waals surface area (Å²) >= 11 is 5.64. The minimum absolute atomic E-state index is 0.0965. The van der Waals surface area contributed by atoms with E-state index in [-0.39, 0.29) is 22.8 Å². The van der Waals surface area contributed by atoms with Crippen molar-refractivity contribution in [2.24, 2.45) is 5.92 Å². The first-order valence-electron chi connectivity index (χ1n) is 7.82. The maximum absolute atomic E-state index is 13.1. The number of hydrogen-bond donors (Lipinski definition) is 3. The van der Waals surface area contributed by atoms with Crippen LogP contribution in [0.4, 0.5) is 14.9 Å². The van der Waals surface area contributed by atoms with Gasteiger partial charge in [-0.1, -0.05) is 41.4 Å². The third kappa shape index (κ3) is 4.28. The summed E-state index contributed by atoms with van der Waals surface area (Å²) in [6.45, 7) is 2.01. The molecule has 1 aliphatic carbocycles. The molecule has 3 rings (SSSR count). The van der Waals surface area contributed by atoms with Gasteiger partial charge >= 0.3 is 6.03 Å². The van der Waals surface area contributed by atoms with E-state index in [1.165, 1.54) is 17.7 Å². The van der Waals surface area contributed by atoms with Gasteiger partial charge in [-0.05, 0) is 43.0 Å². The summed E-state index contributed by atoms with van der Waals surface area (Å²) < 4.78 is 13.1. The summed E-state index contributed by atoms with van der Waals surface area (Å²) in [5, 5.41) is 2.36. The Bertz CT molecular complexity index is 810. The first-order chi connectivity index (χ1) is 11.9. The maximum Gasteiger partial charge on any atom is 0.337 e. The predicted octanol–water partition coefficient (Wildman–Crippen LogP) is 3.74. The largest absolute Gasteiger partial charge is 0.337 e. The second-order valence-corrected chi connectivity index (χ2v) is 6.46. The van der Waals surface area contributed by atoms with Crippen LogP contribution in [0.1, 0.15) is 23.5 Å². The number of carbonyl (C=O) groups excluding carboxylic acids is 2. The molecule has 0 saturated heterocycles. The lowest BCUT2D eigenvalue weighted by Gasteiger charge is -2.09. The van der Waals surface area contributed by atoms with Crippen LogP contribution in [0, 0.1) is 18.7 Å². The van der Waals surface area contributed by atoms with E-state index in [1.807, 2.05) is 31.2 Å². The quantitative estimate of drug-likeness (QED) is 0.729. The Morgan fingerprint density at radius 3 is 2.52 bits per heavy atom. The number of benzene rings is 2. The molecule has 0 radical (unpaired) electrons. The molecule has 1 aliphatic rings. The van der Waals surface area contributed by atoms with Crippen LogP contribution in [0.25, 0.3) is 0 Å². The summed E-state index contributed by atoms with van der Waals surface area (Å²) in [5.41, 5.74) is 7.29. The summed E-state index contributed by atoms with van der Waals surface area (Å²) in [6.07, 6.45) is 0.756. The average molecular weight is 362 g/mol. The number of nitrogens with one attached hydrogen (secondary N) is 3. The van der Waals surface area contributed by atoms with Crippen LogP contribution in [0.5, 0.6) is 0 Å². The molecule has 0 aliphatic heterocycles. The van der Waals surface area contributed by atoms with Crippen LogP contribution in [0.3, 0.4) is 0 Å². The predicted molar refractivity (Wildman–Crippen MR) is 93.7 cm³/mol. The molecule has 1 saturated carbocycles. The van der Waals surface area contributed by atoms with Crippen molar-refractivity contribution in [3.8, 4) is 0 Å². The maximum atomic E-state index is 13.1. The van der Waals surface area contributed by atoms with Crippen molar-refractivity contribution in [3.05, 3.63) is 64.4 Å². The van der Waals surface area contributed by atoms with Gasteiger partial charge < -0.3 is 5.32 Å². The molecule has 7 heteroatoms. The molecule has 2 aromatic carbocycles. The van der Waals surface area contributed by atoms with E-state index in [1.54, 1.807) is 0 Å². The van der Waals surface area contributed by atoms with Gasteiger partial charge in [-0.15, -0.1) is 0 Å². The molecular weight excluding hydrogens is 345 g/mol. The van der Waals surface area contributed by atoms with Crippen LogP contribution in [-0.2, 0) is 4.79 Å². The topological polar surface area (TPSA) is 70.2 Å². The third-order valence-corrected chi connectivity index (χ3v) is 4.40. The van der Waals surface area contributed by atoms with Gasteiger partial charge in [0.15, 0.2) is 0 Å². The second kappa shape index (κ2) is 7.11. The van der Waals surface area contributed by atoms with Crippen molar-refractivity contribution in [1.29, 1.82) is 0 Å². The molecule has 0 heterocycles. The van der Waals surface area contributed by atoms with Crippen LogP contribution in [0.2, 0.25) is 5.02 Å². The van der Waals surface area contributed by atoms with Gasteiger partial charge in [-0.3, -0.25) is 10.2 Å². The number of halogens is 2. The number of aryl methyl sites for hydroxylation is 1. The fourth-order valence-corrected chi connectivity index (χ4v) is 2.79. The smallest absolute Gasteiger partial charge is 0.307 e. The summed E-state index contributed by atoms with van der Waals surface area (Å²) in [6, 6.07) is 11.2. The van der Waals surface area contributed by atoms with Crippen molar-refractivity contribution < 1.29 is 14.0 Å². The fraction of sp³-hybridized carbons (Fsp3) is 0.222. The molecular formula is C18H17ClFN3O2. The second-order valence-electron chi connectivity index (χ2n) is 6.06. The normalized spacial score (nSPS) is 18.4. The summed E-state index contributed by atoms with van der Waals surface area (Å²) in [5.74, 6) is -0.778. The van der Waals surface area contributed by atoms with Gasteiger partial charge in [0.1, 0.15) is 5.82 Å². The highest BCUT2D eigenvalue weighted by molar-refractivity contribution is 6.31. The molecule has 25 heavy (non-hydrogen) atoms. The molecule has 2 aromatic rings. The highest BCUT2D eigenvalue weighted by Crippen LogP contribution is 2.47. The summed E-state index contributed by atoms with van der Waals surface area (Å²) in [4.78, 5) is 23.9. The van der Waals surface area contributed by atoms with Crippen molar-refractivity contribution in [3.63, 3.8) is 0 Å². The van der Waals surface area contributed by atoms with Gasteiger partial charge in [0.05, 0.1) is 5.02 Å². The molecule has 2 atom stereocenters. The lowest BCUT2D eigenvalue weighted by Crippen LogP contribution is -2.44. The number of rotatable bonds is 3. The minimum atomic E-state index is -0.636. The highest BCUT2D eigenvalue weighted by Gasteiger charge is 2.44. The zero-order valence-corrected chi connectivity index (χ0v) is 14.2. The van der Waals surface area contributed by atoms with Crippen LogP contribution in [-0.4, -0.2) is 11.9 Å². The molecule has 3 N–H and O–H groups in total. The Kier molecular flexibility index (Phi) is 4.90. The lowest BCUT2D eigenvalue weighted by molar-refractivity contribution is -0.123. The fourth-order valence-electron chi connectivity index (χ4n) is 2.61. The Morgan fingerprint density at radius 2 is 1.84 bits per heavy atom. The average Bonchev–Trinajstić information content (AvgIpc) is 3.37. The molecule has 0 spiro atoms. The minimum Gasteiger partial charge on any atom is -0.307 e. The molecule has 1 fully saturated rings. The molecule has 5 nitrogen and oxygen atoms in total. The van der Waals surface area contributed by atoms with E-state index in [0.29, 0.717) is 5.69 Å². The van der Waals surface area contributed by atoms with Gasteiger partial charge in [-0.25, -0.2) is 14.6 Å². The van der Waals surface area contributed by atoms with Gasteiger partial charge in [0.25, 0.3) is 0 Å². The first-order valence-corrected chi connectivity index (χ1v) is 8.20. The van der Waals surface area contributed by atoms with E-state index in [2.05, 4.69) is 16.2 Å². The molecule has 0 aromatic heterocycles. The standard InChI is InChI=1S/C18H17ClFN3O2/c1-10-2-4-11(5-3-10)13-9-14(13)17(24)22-23-18(25)21-12-6-7-16(20)15(19)8-12/h2-8,13-14H,9H2,1H3,(H,22,24)(H2,21,23,25)/t13-,14-/m0/s1. The number of anilines is 1. The number of carbonyl (C=O) groups is 2. The van der Waals surface area contributed by atoms with Crippen molar-refractivity contribution >= 4 is 29.2 Å². The van der Waals surface area contributed by atoms with E-state index < -0.39 is 11.8 Å². The third-order valence-electron chi connectivity index (χ3n) is 4.11. The number of hydrogen-bond acceptors (Lipinski definition) is 2.